The highest BCUT2D eigenvalue weighted by atomic mass is 19.1. The molecule has 4 heterocycles. The number of hydrogen-bond acceptors (Lipinski definition) is 5. The molecular formula is C20H22FN5O. The number of aromatic nitrogens is 2. The Kier molecular flexibility index (Phi) is 4.70. The lowest BCUT2D eigenvalue weighted by molar-refractivity contribution is -0.121. The Morgan fingerprint density at radius 3 is 2.93 bits per heavy atom. The van der Waals surface area contributed by atoms with Crippen molar-refractivity contribution in [2.75, 3.05) is 20.1 Å². The largest absolute Gasteiger partial charge is 0.349 e. The number of likely N-dealkylation sites (N-methyl/N-ethyl adjacent to an activating group) is 1. The zero-order valence-corrected chi connectivity index (χ0v) is 15.4. The van der Waals surface area contributed by atoms with Gasteiger partial charge in [0.2, 0.25) is 5.91 Å². The molecule has 0 bridgehead atoms. The van der Waals surface area contributed by atoms with Gasteiger partial charge in [-0.05, 0) is 37.7 Å². The summed E-state index contributed by atoms with van der Waals surface area (Å²) in [4.78, 5) is 27.4. The Labute approximate surface area is 157 Å². The third-order valence-corrected chi connectivity index (χ3v) is 5.00. The first-order valence-corrected chi connectivity index (χ1v) is 9.07. The lowest BCUT2D eigenvalue weighted by Crippen LogP contribution is -2.42. The normalized spacial score (nSPS) is 21.8. The summed E-state index contributed by atoms with van der Waals surface area (Å²) >= 11 is 0. The van der Waals surface area contributed by atoms with Crippen LogP contribution in [0.5, 0.6) is 0 Å². The molecule has 6 nitrogen and oxygen atoms in total. The predicted molar refractivity (Wildman–Crippen MR) is 101 cm³/mol. The van der Waals surface area contributed by atoms with Gasteiger partial charge in [0.05, 0.1) is 30.4 Å². The summed E-state index contributed by atoms with van der Waals surface area (Å²) in [6, 6.07) is 5.42. The quantitative estimate of drug-likeness (QED) is 0.888. The van der Waals surface area contributed by atoms with E-state index in [4.69, 9.17) is 0 Å². The molecule has 4 rings (SSSR count). The maximum atomic E-state index is 13.9. The second kappa shape index (κ2) is 7.15. The van der Waals surface area contributed by atoms with Gasteiger partial charge in [0.25, 0.3) is 0 Å². The number of likely N-dealkylation sites (tertiary alicyclic amines) is 1. The van der Waals surface area contributed by atoms with Gasteiger partial charge in [-0.3, -0.25) is 19.8 Å². The molecule has 0 aliphatic carbocycles. The van der Waals surface area contributed by atoms with Crippen molar-refractivity contribution < 1.29 is 9.18 Å². The fourth-order valence-corrected chi connectivity index (χ4v) is 3.68. The highest BCUT2D eigenvalue weighted by Gasteiger charge is 2.31. The molecule has 0 unspecified atom stereocenters. The van der Waals surface area contributed by atoms with E-state index in [1.54, 1.807) is 12.4 Å². The van der Waals surface area contributed by atoms with Crippen LogP contribution in [0.2, 0.25) is 0 Å². The predicted octanol–water partition coefficient (Wildman–Crippen LogP) is 1.45. The zero-order chi connectivity index (χ0) is 19.0. The number of nitrogens with one attached hydrogen (secondary N) is 1. The first-order chi connectivity index (χ1) is 13.0. The van der Waals surface area contributed by atoms with E-state index < -0.39 is 12.2 Å². The number of aliphatic imine (C=N–C) groups is 1. The minimum absolute atomic E-state index is 0.143. The topological polar surface area (TPSA) is 70.5 Å². The fourth-order valence-electron chi connectivity index (χ4n) is 3.68. The van der Waals surface area contributed by atoms with Crippen LogP contribution in [0.3, 0.4) is 0 Å². The first-order valence-electron chi connectivity index (χ1n) is 9.07. The number of halogens is 1. The molecule has 2 aliphatic heterocycles. The number of carbonyl (C=O) groups excluding carboxylic acids is 1. The summed E-state index contributed by atoms with van der Waals surface area (Å²) in [6.07, 6.45) is 2.67. The molecule has 140 valence electrons. The van der Waals surface area contributed by atoms with Crippen molar-refractivity contribution in [3.63, 3.8) is 0 Å². The summed E-state index contributed by atoms with van der Waals surface area (Å²) in [5, 5.41) is 2.78. The van der Waals surface area contributed by atoms with Crippen LogP contribution < -0.4 is 5.32 Å². The van der Waals surface area contributed by atoms with E-state index in [-0.39, 0.29) is 12.3 Å². The molecular weight excluding hydrogens is 345 g/mol. The molecule has 0 radical (unpaired) electrons. The summed E-state index contributed by atoms with van der Waals surface area (Å²) < 4.78 is 13.9. The van der Waals surface area contributed by atoms with Crippen LogP contribution >= 0.6 is 0 Å². The Hall–Kier alpha value is -2.67. The van der Waals surface area contributed by atoms with Gasteiger partial charge in [-0.25, -0.2) is 4.39 Å². The number of amides is 1. The highest BCUT2D eigenvalue weighted by Crippen LogP contribution is 2.23. The van der Waals surface area contributed by atoms with E-state index in [1.165, 1.54) is 0 Å². The van der Waals surface area contributed by atoms with E-state index in [0.29, 0.717) is 25.3 Å². The fraction of sp³-hybridized carbons (Fsp3) is 0.400. The monoisotopic (exact) mass is 367 g/mol. The van der Waals surface area contributed by atoms with Crippen LogP contribution in [0.15, 0.2) is 35.6 Å². The van der Waals surface area contributed by atoms with E-state index in [2.05, 4.69) is 20.3 Å². The SMILES string of the molecule is Cc1cc(C2=NCc3cc(CC(=O)N[C@H]4CN(C)C[C@@H]4F)ncc32)ccn1. The van der Waals surface area contributed by atoms with Crippen LogP contribution in [-0.2, 0) is 17.8 Å². The van der Waals surface area contributed by atoms with Crippen molar-refractivity contribution >= 4 is 11.6 Å². The summed E-state index contributed by atoms with van der Waals surface area (Å²) in [5.41, 5.74) is 5.59. The number of nitrogens with zero attached hydrogens (tertiary/aromatic N) is 4. The van der Waals surface area contributed by atoms with Gasteiger partial charge in [0, 0.05) is 42.3 Å². The van der Waals surface area contributed by atoms with Gasteiger partial charge in [-0.15, -0.1) is 0 Å². The Morgan fingerprint density at radius 2 is 2.19 bits per heavy atom. The molecule has 1 N–H and O–H groups in total. The smallest absolute Gasteiger partial charge is 0.226 e. The molecule has 2 aromatic rings. The number of fused-ring (bicyclic) bond motifs is 1. The lowest BCUT2D eigenvalue weighted by atomic mass is 10.0. The van der Waals surface area contributed by atoms with Crippen LogP contribution in [-0.4, -0.2) is 58.8 Å². The van der Waals surface area contributed by atoms with Crippen molar-refractivity contribution in [2.45, 2.75) is 32.1 Å². The molecule has 1 amide bonds. The van der Waals surface area contributed by atoms with Crippen molar-refractivity contribution in [1.29, 1.82) is 0 Å². The molecule has 0 spiro atoms. The van der Waals surface area contributed by atoms with E-state index in [9.17, 15) is 9.18 Å². The standard InChI is InChI=1S/C20H22FN5O/c1-12-5-13(3-4-22-12)20-16-9-23-15(6-14(16)8-24-20)7-19(27)25-18-11-26(2)10-17(18)21/h3-6,9,17-18H,7-8,10-11H2,1-2H3,(H,25,27)/t17-,18-/m0/s1. The van der Waals surface area contributed by atoms with E-state index in [0.717, 1.165) is 28.1 Å². The lowest BCUT2D eigenvalue weighted by Gasteiger charge is -2.14. The molecule has 2 aromatic heterocycles. The number of pyridine rings is 2. The molecule has 7 heteroatoms. The zero-order valence-electron chi connectivity index (χ0n) is 15.4. The minimum atomic E-state index is -1.02. The Bertz CT molecular complexity index is 913. The third-order valence-electron chi connectivity index (χ3n) is 5.00. The first kappa shape index (κ1) is 17.7. The molecule has 27 heavy (non-hydrogen) atoms. The molecule has 1 fully saturated rings. The maximum absolute atomic E-state index is 13.9. The van der Waals surface area contributed by atoms with Crippen LogP contribution in [0.1, 0.15) is 28.1 Å². The van der Waals surface area contributed by atoms with Gasteiger partial charge in [-0.1, -0.05) is 0 Å². The van der Waals surface area contributed by atoms with Gasteiger partial charge >= 0.3 is 0 Å². The van der Waals surface area contributed by atoms with Gasteiger partial charge in [0.15, 0.2) is 0 Å². The summed E-state index contributed by atoms with van der Waals surface area (Å²) in [5.74, 6) is -0.200. The molecule has 1 saturated heterocycles. The summed E-state index contributed by atoms with van der Waals surface area (Å²) in [7, 11) is 1.85. The second-order valence-corrected chi connectivity index (χ2v) is 7.27. The van der Waals surface area contributed by atoms with Crippen LogP contribution in [0.25, 0.3) is 0 Å². The number of hydrogen-bond donors (Lipinski definition) is 1. The number of alkyl halides is 1. The molecule has 2 atom stereocenters. The van der Waals surface area contributed by atoms with Crippen molar-refractivity contribution in [2.24, 2.45) is 4.99 Å². The summed E-state index contributed by atoms with van der Waals surface area (Å²) in [6.45, 7) is 3.41. The Balaban J connectivity index is 1.45. The Morgan fingerprint density at radius 1 is 1.33 bits per heavy atom. The maximum Gasteiger partial charge on any atom is 0.226 e. The van der Waals surface area contributed by atoms with Crippen LogP contribution in [0.4, 0.5) is 4.39 Å². The van der Waals surface area contributed by atoms with Crippen molar-refractivity contribution in [3.05, 3.63) is 58.7 Å². The van der Waals surface area contributed by atoms with Gasteiger partial charge in [-0.2, -0.15) is 0 Å². The van der Waals surface area contributed by atoms with Gasteiger partial charge < -0.3 is 10.2 Å². The minimum Gasteiger partial charge on any atom is -0.349 e. The molecule has 0 saturated carbocycles. The number of rotatable bonds is 4. The number of aryl methyl sites for hydroxylation is 1. The van der Waals surface area contributed by atoms with E-state index in [1.807, 2.05) is 37.1 Å². The average Bonchev–Trinajstić information content (AvgIpc) is 3.17. The number of carbonyl (C=O) groups is 1. The molecule has 2 aliphatic rings. The third kappa shape index (κ3) is 3.73. The van der Waals surface area contributed by atoms with Gasteiger partial charge in [0.1, 0.15) is 6.17 Å². The van der Waals surface area contributed by atoms with E-state index >= 15 is 0 Å². The average molecular weight is 367 g/mol. The highest BCUT2D eigenvalue weighted by molar-refractivity contribution is 6.15. The second-order valence-electron chi connectivity index (χ2n) is 7.27. The van der Waals surface area contributed by atoms with Crippen molar-refractivity contribution in [1.82, 2.24) is 20.2 Å². The van der Waals surface area contributed by atoms with Crippen LogP contribution in [0, 0.1) is 6.92 Å². The molecule has 0 aromatic carbocycles. The van der Waals surface area contributed by atoms with Crippen molar-refractivity contribution in [3.8, 4) is 0 Å².